The van der Waals surface area contributed by atoms with Gasteiger partial charge in [-0.25, -0.2) is 0 Å². The van der Waals surface area contributed by atoms with E-state index in [0.29, 0.717) is 12.1 Å². The lowest BCUT2D eigenvalue weighted by molar-refractivity contribution is 0.0810. The Balaban J connectivity index is 1.91. The van der Waals surface area contributed by atoms with E-state index >= 15 is 0 Å². The van der Waals surface area contributed by atoms with Crippen molar-refractivity contribution in [1.29, 1.82) is 0 Å². The van der Waals surface area contributed by atoms with Crippen LogP contribution in [0.15, 0.2) is 0 Å². The van der Waals surface area contributed by atoms with E-state index in [1.807, 2.05) is 0 Å². The van der Waals surface area contributed by atoms with Crippen molar-refractivity contribution >= 4 is 0 Å². The van der Waals surface area contributed by atoms with Crippen molar-refractivity contribution in [1.82, 2.24) is 10.2 Å². The van der Waals surface area contributed by atoms with Gasteiger partial charge in [0.2, 0.25) is 0 Å². The second kappa shape index (κ2) is 5.71. The van der Waals surface area contributed by atoms with Crippen molar-refractivity contribution in [2.24, 2.45) is 5.92 Å². The van der Waals surface area contributed by atoms with Gasteiger partial charge in [-0.15, -0.1) is 0 Å². The number of hydrogen-bond acceptors (Lipinski definition) is 2. The molecule has 0 amide bonds. The molecule has 1 aliphatic heterocycles. The lowest BCUT2D eigenvalue weighted by Crippen LogP contribution is -2.52. The Morgan fingerprint density at radius 1 is 0.882 bits per heavy atom. The monoisotopic (exact) mass is 238 g/mol. The van der Waals surface area contributed by atoms with Crippen molar-refractivity contribution in [3.05, 3.63) is 0 Å². The van der Waals surface area contributed by atoms with E-state index in [1.54, 1.807) is 0 Å². The fourth-order valence-corrected chi connectivity index (χ4v) is 3.94. The van der Waals surface area contributed by atoms with Crippen molar-refractivity contribution in [3.8, 4) is 0 Å². The molecule has 1 N–H and O–H groups in total. The SMILES string of the molecule is CC1CCCC(N(C)C2CC(C)NC(C)C2)C1. The Morgan fingerprint density at radius 2 is 1.53 bits per heavy atom. The summed E-state index contributed by atoms with van der Waals surface area (Å²) >= 11 is 0. The van der Waals surface area contributed by atoms with Gasteiger partial charge in [0.15, 0.2) is 0 Å². The summed E-state index contributed by atoms with van der Waals surface area (Å²) in [6.07, 6.45) is 8.38. The molecule has 4 atom stereocenters. The average molecular weight is 238 g/mol. The van der Waals surface area contributed by atoms with Crippen molar-refractivity contribution < 1.29 is 0 Å². The first kappa shape index (κ1) is 13.4. The van der Waals surface area contributed by atoms with E-state index in [0.717, 1.165) is 18.0 Å². The van der Waals surface area contributed by atoms with Crippen LogP contribution in [0.3, 0.4) is 0 Å². The van der Waals surface area contributed by atoms with Gasteiger partial charge >= 0.3 is 0 Å². The van der Waals surface area contributed by atoms with Gasteiger partial charge in [-0.2, -0.15) is 0 Å². The summed E-state index contributed by atoms with van der Waals surface area (Å²) in [5, 5.41) is 3.65. The van der Waals surface area contributed by atoms with Crippen LogP contribution in [-0.4, -0.2) is 36.1 Å². The molecule has 1 heterocycles. The largest absolute Gasteiger partial charge is 0.312 e. The van der Waals surface area contributed by atoms with Crippen LogP contribution < -0.4 is 5.32 Å². The molecular formula is C15H30N2. The number of nitrogens with one attached hydrogen (secondary N) is 1. The van der Waals surface area contributed by atoms with Gasteiger partial charge in [0, 0.05) is 24.2 Å². The van der Waals surface area contributed by atoms with Crippen LogP contribution in [-0.2, 0) is 0 Å². The fraction of sp³-hybridized carbons (Fsp3) is 1.00. The molecule has 0 radical (unpaired) electrons. The third-order valence-corrected chi connectivity index (χ3v) is 4.88. The molecular weight excluding hydrogens is 208 g/mol. The molecule has 0 aromatic rings. The number of nitrogens with zero attached hydrogens (tertiary/aromatic N) is 1. The Kier molecular flexibility index (Phi) is 4.48. The first-order valence-electron chi connectivity index (χ1n) is 7.54. The van der Waals surface area contributed by atoms with Crippen molar-refractivity contribution in [2.45, 2.75) is 83.5 Å². The molecule has 0 bridgehead atoms. The zero-order valence-corrected chi connectivity index (χ0v) is 12.1. The highest BCUT2D eigenvalue weighted by Gasteiger charge is 2.31. The molecule has 100 valence electrons. The summed E-state index contributed by atoms with van der Waals surface area (Å²) in [6.45, 7) is 7.09. The molecule has 2 nitrogen and oxygen atoms in total. The van der Waals surface area contributed by atoms with Gasteiger partial charge in [-0.1, -0.05) is 19.8 Å². The van der Waals surface area contributed by atoms with Crippen molar-refractivity contribution in [2.75, 3.05) is 7.05 Å². The molecule has 1 saturated heterocycles. The minimum Gasteiger partial charge on any atom is -0.312 e. The molecule has 4 unspecified atom stereocenters. The maximum Gasteiger partial charge on any atom is 0.0125 e. The van der Waals surface area contributed by atoms with Crippen LogP contribution in [0, 0.1) is 5.92 Å². The molecule has 0 spiro atoms. The number of piperidine rings is 1. The van der Waals surface area contributed by atoms with Crippen LogP contribution in [0.1, 0.15) is 59.3 Å². The molecule has 2 fully saturated rings. The Morgan fingerprint density at radius 3 is 2.12 bits per heavy atom. The normalized spacial score (nSPS) is 43.9. The van der Waals surface area contributed by atoms with Crippen LogP contribution >= 0.6 is 0 Å². The molecule has 2 aliphatic rings. The molecule has 0 aromatic carbocycles. The minimum absolute atomic E-state index is 0.687. The van der Waals surface area contributed by atoms with Gasteiger partial charge in [0.1, 0.15) is 0 Å². The van der Waals surface area contributed by atoms with Crippen LogP contribution in [0.5, 0.6) is 0 Å². The maximum absolute atomic E-state index is 3.65. The standard InChI is InChI=1S/C15H30N2/c1-11-6-5-7-14(8-11)17(4)15-9-12(2)16-13(3)10-15/h11-16H,5-10H2,1-4H3. The van der Waals surface area contributed by atoms with Crippen LogP contribution in [0.4, 0.5) is 0 Å². The van der Waals surface area contributed by atoms with Gasteiger partial charge in [0.25, 0.3) is 0 Å². The van der Waals surface area contributed by atoms with Crippen LogP contribution in [0.2, 0.25) is 0 Å². The first-order chi connectivity index (χ1) is 8.06. The Hall–Kier alpha value is -0.0800. The fourth-order valence-electron chi connectivity index (χ4n) is 3.94. The highest BCUT2D eigenvalue weighted by atomic mass is 15.2. The quantitative estimate of drug-likeness (QED) is 0.795. The molecule has 17 heavy (non-hydrogen) atoms. The second-order valence-corrected chi connectivity index (χ2v) is 6.69. The average Bonchev–Trinajstić information content (AvgIpc) is 2.26. The van der Waals surface area contributed by atoms with E-state index in [1.165, 1.54) is 38.5 Å². The molecule has 1 saturated carbocycles. The zero-order valence-electron chi connectivity index (χ0n) is 12.1. The summed E-state index contributed by atoms with van der Waals surface area (Å²) in [5.41, 5.74) is 0. The summed E-state index contributed by atoms with van der Waals surface area (Å²) in [7, 11) is 2.37. The molecule has 2 rings (SSSR count). The van der Waals surface area contributed by atoms with Gasteiger partial charge in [-0.05, 0) is 52.5 Å². The Labute approximate surface area is 107 Å². The summed E-state index contributed by atoms with van der Waals surface area (Å²) < 4.78 is 0. The van der Waals surface area contributed by atoms with Gasteiger partial charge in [-0.3, -0.25) is 0 Å². The summed E-state index contributed by atoms with van der Waals surface area (Å²) in [6, 6.07) is 3.03. The third-order valence-electron chi connectivity index (χ3n) is 4.88. The van der Waals surface area contributed by atoms with Gasteiger partial charge < -0.3 is 10.2 Å². The van der Waals surface area contributed by atoms with E-state index < -0.39 is 0 Å². The van der Waals surface area contributed by atoms with Crippen LogP contribution in [0.25, 0.3) is 0 Å². The first-order valence-corrected chi connectivity index (χ1v) is 7.54. The molecule has 2 heteroatoms. The van der Waals surface area contributed by atoms with Gasteiger partial charge in [0.05, 0.1) is 0 Å². The smallest absolute Gasteiger partial charge is 0.0125 e. The highest BCUT2D eigenvalue weighted by Crippen LogP contribution is 2.30. The Bertz CT molecular complexity index is 231. The zero-order chi connectivity index (χ0) is 12.4. The number of rotatable bonds is 2. The minimum atomic E-state index is 0.687. The topological polar surface area (TPSA) is 15.3 Å². The van der Waals surface area contributed by atoms with E-state index in [9.17, 15) is 0 Å². The third kappa shape index (κ3) is 3.45. The van der Waals surface area contributed by atoms with E-state index in [2.05, 4.69) is 38.0 Å². The summed E-state index contributed by atoms with van der Waals surface area (Å²) in [5.74, 6) is 0.938. The molecule has 1 aliphatic carbocycles. The van der Waals surface area contributed by atoms with E-state index in [4.69, 9.17) is 0 Å². The predicted molar refractivity (Wildman–Crippen MR) is 74.3 cm³/mol. The molecule has 0 aromatic heterocycles. The second-order valence-electron chi connectivity index (χ2n) is 6.69. The lowest BCUT2D eigenvalue weighted by atomic mass is 9.84. The lowest BCUT2D eigenvalue weighted by Gasteiger charge is -2.43. The predicted octanol–water partition coefficient (Wildman–Crippen LogP) is 3.03. The maximum atomic E-state index is 3.65. The number of hydrogen-bond donors (Lipinski definition) is 1. The van der Waals surface area contributed by atoms with E-state index in [-0.39, 0.29) is 0 Å². The summed E-state index contributed by atoms with van der Waals surface area (Å²) in [4.78, 5) is 2.71. The van der Waals surface area contributed by atoms with Crippen molar-refractivity contribution in [3.63, 3.8) is 0 Å². The highest BCUT2D eigenvalue weighted by molar-refractivity contribution is 4.89.